The fourth-order valence-corrected chi connectivity index (χ4v) is 5.18. The van der Waals surface area contributed by atoms with Crippen LogP contribution in [0.4, 0.5) is 5.69 Å². The first-order valence-electron chi connectivity index (χ1n) is 10.5. The molecule has 0 saturated carbocycles. The number of hydrogen-bond donors (Lipinski definition) is 2. The molecule has 4 unspecified atom stereocenters. The maximum absolute atomic E-state index is 13.6. The van der Waals surface area contributed by atoms with Gasteiger partial charge in [0.15, 0.2) is 0 Å². The van der Waals surface area contributed by atoms with Gasteiger partial charge in [-0.2, -0.15) is 0 Å². The van der Waals surface area contributed by atoms with Gasteiger partial charge in [0, 0.05) is 21.1 Å². The Morgan fingerprint density at radius 1 is 0.909 bits per heavy atom. The Hall–Kier alpha value is -2.71. The normalized spacial score (nSPS) is 24.1. The van der Waals surface area contributed by atoms with Gasteiger partial charge in [-0.1, -0.05) is 51.8 Å². The Morgan fingerprint density at radius 3 is 2.15 bits per heavy atom. The summed E-state index contributed by atoms with van der Waals surface area (Å²) in [5, 5.41) is 0.608. The SMILES string of the molecule is COC(=O)c1ccc(C2C3C(NNC3c3ccc(Br)cc3)C(=O)N2c2ccc(Cl)cc2)cc1. The van der Waals surface area contributed by atoms with Crippen LogP contribution in [-0.4, -0.2) is 25.0 Å². The summed E-state index contributed by atoms with van der Waals surface area (Å²) in [7, 11) is 1.36. The average Bonchev–Trinajstić information content (AvgIpc) is 3.39. The molecule has 2 N–H and O–H groups in total. The highest BCUT2D eigenvalue weighted by Gasteiger charge is 2.55. The Labute approximate surface area is 205 Å². The predicted octanol–water partition coefficient (Wildman–Crippen LogP) is 4.81. The molecular formula is C25H21BrClN3O3. The summed E-state index contributed by atoms with van der Waals surface area (Å²) in [5.41, 5.74) is 9.82. The largest absolute Gasteiger partial charge is 0.465 e. The molecule has 2 heterocycles. The molecule has 5 rings (SSSR count). The standard InChI is InChI=1S/C25H21BrClN3O3/c1-33-25(32)16-4-2-15(3-5-16)23-20-21(14-6-8-17(26)9-7-14)28-29-22(20)24(31)30(23)19-12-10-18(27)11-13-19/h2-13,20-23,28-29H,1H3. The van der Waals surface area contributed by atoms with Gasteiger partial charge in [-0.3, -0.25) is 4.79 Å². The zero-order valence-corrected chi connectivity index (χ0v) is 20.0. The Morgan fingerprint density at radius 2 is 1.52 bits per heavy atom. The number of carbonyl (C=O) groups is 2. The van der Waals surface area contributed by atoms with Crippen LogP contribution in [0.1, 0.15) is 33.6 Å². The minimum absolute atomic E-state index is 0.0171. The lowest BCUT2D eigenvalue weighted by Crippen LogP contribution is -2.41. The molecule has 3 aromatic rings. The minimum Gasteiger partial charge on any atom is -0.465 e. The number of ether oxygens (including phenoxy) is 1. The summed E-state index contributed by atoms with van der Waals surface area (Å²) in [5.74, 6) is -0.497. The smallest absolute Gasteiger partial charge is 0.337 e. The van der Waals surface area contributed by atoms with Crippen molar-refractivity contribution in [3.8, 4) is 0 Å². The van der Waals surface area contributed by atoms with E-state index < -0.39 is 12.0 Å². The molecule has 2 aliphatic rings. The number of benzene rings is 3. The number of fused-ring (bicyclic) bond motifs is 1. The second-order valence-electron chi connectivity index (χ2n) is 8.12. The number of amides is 1. The number of hydrogen-bond acceptors (Lipinski definition) is 5. The van der Waals surface area contributed by atoms with E-state index in [-0.39, 0.29) is 23.9 Å². The van der Waals surface area contributed by atoms with Gasteiger partial charge in [0.2, 0.25) is 5.91 Å². The van der Waals surface area contributed by atoms with E-state index >= 15 is 0 Å². The predicted molar refractivity (Wildman–Crippen MR) is 130 cm³/mol. The van der Waals surface area contributed by atoms with Crippen LogP contribution in [0.15, 0.2) is 77.3 Å². The van der Waals surface area contributed by atoms with Crippen molar-refractivity contribution < 1.29 is 14.3 Å². The number of anilines is 1. The fourth-order valence-electron chi connectivity index (χ4n) is 4.79. The number of esters is 1. The molecule has 2 saturated heterocycles. The van der Waals surface area contributed by atoms with E-state index in [0.717, 1.165) is 21.3 Å². The molecule has 3 aromatic carbocycles. The summed E-state index contributed by atoms with van der Waals surface area (Å²) < 4.78 is 5.83. The zero-order valence-electron chi connectivity index (χ0n) is 17.7. The lowest BCUT2D eigenvalue weighted by Gasteiger charge is -2.31. The number of nitrogens with one attached hydrogen (secondary N) is 2. The van der Waals surface area contributed by atoms with Crippen LogP contribution in [-0.2, 0) is 9.53 Å². The third-order valence-electron chi connectivity index (χ3n) is 6.32. The number of hydrazine groups is 1. The van der Waals surface area contributed by atoms with E-state index in [1.165, 1.54) is 7.11 Å². The molecule has 2 aliphatic heterocycles. The fraction of sp³-hybridized carbons (Fsp3) is 0.200. The molecule has 0 aliphatic carbocycles. The first-order chi connectivity index (χ1) is 16.0. The summed E-state index contributed by atoms with van der Waals surface area (Å²) in [4.78, 5) is 27.4. The lowest BCUT2D eigenvalue weighted by molar-refractivity contribution is -0.119. The van der Waals surface area contributed by atoms with Gasteiger partial charge < -0.3 is 9.64 Å². The Bertz CT molecular complexity index is 1190. The highest BCUT2D eigenvalue weighted by Crippen LogP contribution is 2.49. The first kappa shape index (κ1) is 22.1. The summed E-state index contributed by atoms with van der Waals surface area (Å²) in [6.07, 6.45) is 0. The molecule has 0 spiro atoms. The molecular weight excluding hydrogens is 506 g/mol. The zero-order chi connectivity index (χ0) is 23.1. The van der Waals surface area contributed by atoms with E-state index in [2.05, 4.69) is 38.9 Å². The lowest BCUT2D eigenvalue weighted by atomic mass is 9.83. The molecule has 4 atom stereocenters. The van der Waals surface area contributed by atoms with Crippen molar-refractivity contribution in [2.45, 2.75) is 18.1 Å². The van der Waals surface area contributed by atoms with Crippen LogP contribution >= 0.6 is 27.5 Å². The summed E-state index contributed by atoms with van der Waals surface area (Å²) >= 11 is 9.60. The quantitative estimate of drug-likeness (QED) is 0.478. The van der Waals surface area contributed by atoms with Crippen LogP contribution in [0.2, 0.25) is 5.02 Å². The molecule has 1 amide bonds. The second kappa shape index (κ2) is 8.91. The highest BCUT2D eigenvalue weighted by molar-refractivity contribution is 9.10. The molecule has 8 heteroatoms. The number of halogens is 2. The number of nitrogens with zero attached hydrogens (tertiary/aromatic N) is 1. The topological polar surface area (TPSA) is 70.7 Å². The monoisotopic (exact) mass is 525 g/mol. The number of carbonyl (C=O) groups excluding carboxylic acids is 2. The van der Waals surface area contributed by atoms with Gasteiger partial charge in [-0.15, -0.1) is 0 Å². The minimum atomic E-state index is -0.403. The van der Waals surface area contributed by atoms with Crippen molar-refractivity contribution in [1.29, 1.82) is 0 Å². The van der Waals surface area contributed by atoms with Crippen molar-refractivity contribution in [3.05, 3.63) is 99.0 Å². The molecule has 0 bridgehead atoms. The van der Waals surface area contributed by atoms with Crippen molar-refractivity contribution in [2.24, 2.45) is 5.92 Å². The van der Waals surface area contributed by atoms with Crippen LogP contribution < -0.4 is 15.8 Å². The highest BCUT2D eigenvalue weighted by atomic mass is 79.9. The maximum atomic E-state index is 13.6. The third kappa shape index (κ3) is 3.95. The van der Waals surface area contributed by atoms with E-state index in [9.17, 15) is 9.59 Å². The third-order valence-corrected chi connectivity index (χ3v) is 7.10. The van der Waals surface area contributed by atoms with E-state index in [4.69, 9.17) is 16.3 Å². The maximum Gasteiger partial charge on any atom is 0.337 e. The van der Waals surface area contributed by atoms with Crippen molar-refractivity contribution in [1.82, 2.24) is 10.9 Å². The van der Waals surface area contributed by atoms with Gasteiger partial charge in [-0.05, 0) is 59.7 Å². The number of rotatable bonds is 4. The Kier molecular flexibility index (Phi) is 5.97. The van der Waals surface area contributed by atoms with Crippen molar-refractivity contribution in [2.75, 3.05) is 12.0 Å². The molecule has 0 aromatic heterocycles. The van der Waals surface area contributed by atoms with Gasteiger partial charge in [0.1, 0.15) is 6.04 Å². The second-order valence-corrected chi connectivity index (χ2v) is 9.47. The van der Waals surface area contributed by atoms with Crippen molar-refractivity contribution >= 4 is 45.1 Å². The van der Waals surface area contributed by atoms with Crippen LogP contribution in [0.5, 0.6) is 0 Å². The van der Waals surface area contributed by atoms with Crippen LogP contribution in [0, 0.1) is 5.92 Å². The van der Waals surface area contributed by atoms with Crippen molar-refractivity contribution in [3.63, 3.8) is 0 Å². The van der Waals surface area contributed by atoms with E-state index in [1.807, 2.05) is 41.3 Å². The van der Waals surface area contributed by atoms with Gasteiger partial charge in [0.05, 0.1) is 24.8 Å². The number of methoxy groups -OCH3 is 1. The van der Waals surface area contributed by atoms with Crippen LogP contribution in [0.25, 0.3) is 0 Å². The molecule has 33 heavy (non-hydrogen) atoms. The Balaban J connectivity index is 1.60. The van der Waals surface area contributed by atoms with Gasteiger partial charge >= 0.3 is 5.97 Å². The van der Waals surface area contributed by atoms with E-state index in [0.29, 0.717) is 10.6 Å². The average molecular weight is 527 g/mol. The molecule has 0 radical (unpaired) electrons. The molecule has 6 nitrogen and oxygen atoms in total. The van der Waals surface area contributed by atoms with Crippen LogP contribution in [0.3, 0.4) is 0 Å². The van der Waals surface area contributed by atoms with E-state index in [1.54, 1.807) is 24.3 Å². The van der Waals surface area contributed by atoms with Gasteiger partial charge in [0.25, 0.3) is 0 Å². The molecule has 168 valence electrons. The summed E-state index contributed by atoms with van der Waals surface area (Å²) in [6.45, 7) is 0. The molecule has 2 fully saturated rings. The van der Waals surface area contributed by atoms with Gasteiger partial charge in [-0.25, -0.2) is 15.6 Å². The summed E-state index contributed by atoms with van der Waals surface area (Å²) in [6, 6.07) is 21.9. The first-order valence-corrected chi connectivity index (χ1v) is 11.7.